The fourth-order valence-corrected chi connectivity index (χ4v) is 3.89. The maximum Gasteiger partial charge on any atom is 0.230 e. The van der Waals surface area contributed by atoms with E-state index in [0.29, 0.717) is 6.42 Å². The Balaban J connectivity index is 0.00000210. The van der Waals surface area contributed by atoms with Crippen molar-refractivity contribution in [1.29, 1.82) is 0 Å². The van der Waals surface area contributed by atoms with Crippen LogP contribution in [-0.4, -0.2) is 15.3 Å². The third kappa shape index (κ3) is 4.04. The van der Waals surface area contributed by atoms with Crippen LogP contribution in [-0.2, 0) is 17.6 Å². The van der Waals surface area contributed by atoms with Crippen LogP contribution in [0.1, 0.15) is 18.2 Å². The van der Waals surface area contributed by atoms with Crippen LogP contribution >= 0.6 is 23.7 Å². The molecule has 0 radical (unpaired) electrons. The smallest absolute Gasteiger partial charge is 0.230 e. The zero-order valence-electron chi connectivity index (χ0n) is 14.9. The van der Waals surface area contributed by atoms with Crippen LogP contribution in [0.15, 0.2) is 66.2 Å². The number of nitrogens with zero attached hydrogens (tertiary/aromatic N) is 2. The molecule has 1 amide bonds. The van der Waals surface area contributed by atoms with E-state index in [9.17, 15) is 4.79 Å². The van der Waals surface area contributed by atoms with E-state index in [1.165, 1.54) is 0 Å². The van der Waals surface area contributed by atoms with Crippen LogP contribution < -0.4 is 5.32 Å². The van der Waals surface area contributed by atoms with E-state index in [1.54, 1.807) is 11.3 Å². The maximum absolute atomic E-state index is 12.5. The van der Waals surface area contributed by atoms with Crippen LogP contribution in [0.4, 0.5) is 5.69 Å². The van der Waals surface area contributed by atoms with Gasteiger partial charge in [0.15, 0.2) is 4.96 Å². The minimum atomic E-state index is -0.0134. The molecule has 6 heteroatoms. The van der Waals surface area contributed by atoms with Gasteiger partial charge in [-0.05, 0) is 18.1 Å². The van der Waals surface area contributed by atoms with E-state index >= 15 is 0 Å². The first-order chi connectivity index (χ1) is 12.7. The topological polar surface area (TPSA) is 46.4 Å². The van der Waals surface area contributed by atoms with Gasteiger partial charge in [-0.3, -0.25) is 9.20 Å². The number of aryl methyl sites for hydroxylation is 1. The standard InChI is InChI=1S/C21H19N3OS.ClH/c1-2-15-8-6-7-11-18(15)22-20(25)12-17-14-26-21-23-19(13-24(17)21)16-9-4-3-5-10-16;/h3-11,13-14H,2,12H2,1H3,(H,22,25);1H. The fourth-order valence-electron chi connectivity index (χ4n) is 3.01. The second-order valence-corrected chi connectivity index (χ2v) is 6.94. The van der Waals surface area contributed by atoms with Gasteiger partial charge in [0.2, 0.25) is 5.91 Å². The molecule has 0 aliphatic rings. The first kappa shape index (κ1) is 19.1. The number of nitrogens with one attached hydrogen (secondary N) is 1. The molecule has 0 aliphatic carbocycles. The predicted octanol–water partition coefficient (Wildman–Crippen LogP) is 5.23. The number of imidazole rings is 1. The quantitative estimate of drug-likeness (QED) is 0.501. The van der Waals surface area contributed by atoms with E-state index in [4.69, 9.17) is 0 Å². The first-order valence-electron chi connectivity index (χ1n) is 8.63. The molecule has 0 bridgehead atoms. The number of anilines is 1. The van der Waals surface area contributed by atoms with Gasteiger partial charge in [-0.25, -0.2) is 4.98 Å². The third-order valence-electron chi connectivity index (χ3n) is 4.37. The summed E-state index contributed by atoms with van der Waals surface area (Å²) in [6.45, 7) is 2.09. The van der Waals surface area contributed by atoms with Crippen molar-refractivity contribution < 1.29 is 4.79 Å². The number of hydrogen-bond acceptors (Lipinski definition) is 3. The van der Waals surface area contributed by atoms with Gasteiger partial charge < -0.3 is 5.32 Å². The Bertz CT molecular complexity index is 1060. The van der Waals surface area contributed by atoms with Gasteiger partial charge in [-0.15, -0.1) is 23.7 Å². The minimum Gasteiger partial charge on any atom is -0.326 e. The predicted molar refractivity (Wildman–Crippen MR) is 114 cm³/mol. The van der Waals surface area contributed by atoms with Crippen molar-refractivity contribution in [2.75, 3.05) is 5.32 Å². The zero-order chi connectivity index (χ0) is 17.9. The molecule has 4 nitrogen and oxygen atoms in total. The highest BCUT2D eigenvalue weighted by Gasteiger charge is 2.13. The molecule has 0 saturated heterocycles. The number of para-hydroxylation sites is 1. The summed E-state index contributed by atoms with van der Waals surface area (Å²) in [6.07, 6.45) is 3.22. The molecule has 0 saturated carbocycles. The summed E-state index contributed by atoms with van der Waals surface area (Å²) < 4.78 is 2.01. The first-order valence-corrected chi connectivity index (χ1v) is 9.51. The lowest BCUT2D eigenvalue weighted by Crippen LogP contribution is -2.16. The second kappa shape index (κ2) is 8.37. The summed E-state index contributed by atoms with van der Waals surface area (Å²) >= 11 is 1.56. The Labute approximate surface area is 168 Å². The van der Waals surface area contributed by atoms with Crippen molar-refractivity contribution in [3.05, 3.63) is 77.4 Å². The number of carbonyl (C=O) groups is 1. The molecule has 1 N–H and O–H groups in total. The number of halogens is 1. The number of aromatic nitrogens is 2. The van der Waals surface area contributed by atoms with E-state index in [1.807, 2.05) is 70.6 Å². The van der Waals surface area contributed by atoms with Crippen molar-refractivity contribution in [1.82, 2.24) is 9.38 Å². The Morgan fingerprint density at radius 1 is 1.11 bits per heavy atom. The number of carbonyl (C=O) groups excluding carboxylic acids is 1. The van der Waals surface area contributed by atoms with Crippen molar-refractivity contribution >= 4 is 40.3 Å². The fraction of sp³-hybridized carbons (Fsp3) is 0.143. The Kier molecular flexibility index (Phi) is 5.94. The summed E-state index contributed by atoms with van der Waals surface area (Å²) in [4.78, 5) is 18.1. The van der Waals surface area contributed by atoms with Crippen LogP contribution in [0.5, 0.6) is 0 Å². The van der Waals surface area contributed by atoms with Crippen LogP contribution in [0.2, 0.25) is 0 Å². The monoisotopic (exact) mass is 397 g/mol. The van der Waals surface area contributed by atoms with Crippen LogP contribution in [0.25, 0.3) is 16.2 Å². The van der Waals surface area contributed by atoms with Crippen LogP contribution in [0.3, 0.4) is 0 Å². The summed E-state index contributed by atoms with van der Waals surface area (Å²) in [5.74, 6) is -0.0134. The van der Waals surface area contributed by atoms with Crippen LogP contribution in [0, 0.1) is 0 Å². The molecule has 0 spiro atoms. The molecule has 4 rings (SSSR count). The number of hydrogen-bond donors (Lipinski definition) is 1. The normalized spacial score (nSPS) is 10.6. The molecule has 4 aromatic rings. The molecule has 0 fully saturated rings. The minimum absolute atomic E-state index is 0. The third-order valence-corrected chi connectivity index (χ3v) is 5.26. The summed E-state index contributed by atoms with van der Waals surface area (Å²) in [5, 5.41) is 5.04. The van der Waals surface area contributed by atoms with E-state index < -0.39 is 0 Å². The van der Waals surface area contributed by atoms with Crippen molar-refractivity contribution in [3.8, 4) is 11.3 Å². The molecule has 2 heterocycles. The van der Waals surface area contributed by atoms with Gasteiger partial charge in [0.1, 0.15) is 0 Å². The average Bonchev–Trinajstić information content (AvgIpc) is 3.25. The zero-order valence-corrected chi connectivity index (χ0v) is 16.5. The SMILES string of the molecule is CCc1ccccc1NC(=O)Cc1csc2nc(-c3ccccc3)cn12.Cl. The number of thiazole rings is 1. The summed E-state index contributed by atoms with van der Waals surface area (Å²) in [5.41, 5.74) is 4.99. The molecule has 2 aromatic heterocycles. The van der Waals surface area contributed by atoms with Gasteiger partial charge in [-0.2, -0.15) is 0 Å². The molecule has 0 unspecified atom stereocenters. The lowest BCUT2D eigenvalue weighted by atomic mass is 10.1. The second-order valence-electron chi connectivity index (χ2n) is 6.11. The molecular weight excluding hydrogens is 378 g/mol. The highest BCUT2D eigenvalue weighted by atomic mass is 35.5. The van der Waals surface area contributed by atoms with Crippen molar-refractivity contribution in [3.63, 3.8) is 0 Å². The Morgan fingerprint density at radius 3 is 2.63 bits per heavy atom. The number of rotatable bonds is 5. The molecule has 138 valence electrons. The van der Waals surface area contributed by atoms with Gasteiger partial charge >= 0.3 is 0 Å². The summed E-state index contributed by atoms with van der Waals surface area (Å²) in [7, 11) is 0. The van der Waals surface area contributed by atoms with Crippen molar-refractivity contribution in [2.45, 2.75) is 19.8 Å². The number of benzene rings is 2. The van der Waals surface area contributed by atoms with Gasteiger partial charge in [0.05, 0.1) is 12.1 Å². The van der Waals surface area contributed by atoms with E-state index in [-0.39, 0.29) is 18.3 Å². The van der Waals surface area contributed by atoms with E-state index in [0.717, 1.165) is 39.6 Å². The van der Waals surface area contributed by atoms with E-state index in [2.05, 4.69) is 17.2 Å². The largest absolute Gasteiger partial charge is 0.326 e. The lowest BCUT2D eigenvalue weighted by molar-refractivity contribution is -0.115. The van der Waals surface area contributed by atoms with Gasteiger partial charge in [0.25, 0.3) is 0 Å². The Morgan fingerprint density at radius 2 is 1.85 bits per heavy atom. The van der Waals surface area contributed by atoms with Crippen molar-refractivity contribution in [2.24, 2.45) is 0 Å². The molecule has 2 aromatic carbocycles. The molecular formula is C21H20ClN3OS. The number of amides is 1. The van der Waals surface area contributed by atoms with Gasteiger partial charge in [0, 0.05) is 28.5 Å². The highest BCUT2D eigenvalue weighted by Crippen LogP contribution is 2.24. The Hall–Kier alpha value is -2.63. The molecule has 0 aliphatic heterocycles. The average molecular weight is 398 g/mol. The highest BCUT2D eigenvalue weighted by molar-refractivity contribution is 7.15. The maximum atomic E-state index is 12.5. The lowest BCUT2D eigenvalue weighted by Gasteiger charge is -2.09. The molecule has 27 heavy (non-hydrogen) atoms. The number of fused-ring (bicyclic) bond motifs is 1. The summed E-state index contributed by atoms with van der Waals surface area (Å²) in [6, 6.07) is 18.0. The van der Waals surface area contributed by atoms with Gasteiger partial charge in [-0.1, -0.05) is 55.5 Å². The molecule has 0 atom stereocenters.